The molecule has 5 nitrogen and oxygen atoms in total. The lowest BCUT2D eigenvalue weighted by atomic mass is 10.3. The Balaban J connectivity index is 2.92. The zero-order chi connectivity index (χ0) is 12.2. The molecule has 0 radical (unpaired) electrons. The molecule has 0 saturated carbocycles. The van der Waals surface area contributed by atoms with E-state index < -0.39 is 17.6 Å². The van der Waals surface area contributed by atoms with E-state index in [9.17, 15) is 18.0 Å². The Labute approximate surface area is 88.9 Å². The van der Waals surface area contributed by atoms with Crippen molar-refractivity contribution in [2.24, 2.45) is 0 Å². The molecule has 1 N–H and O–H groups in total. The molecule has 1 aromatic heterocycles. The lowest BCUT2D eigenvalue weighted by molar-refractivity contribution is -0.144. The van der Waals surface area contributed by atoms with Crippen molar-refractivity contribution in [2.75, 3.05) is 6.61 Å². The van der Waals surface area contributed by atoms with Gasteiger partial charge in [0.15, 0.2) is 17.7 Å². The van der Waals surface area contributed by atoms with Crippen LogP contribution in [0.5, 0.6) is 0 Å². The zero-order valence-corrected chi connectivity index (χ0v) is 8.24. The van der Waals surface area contributed by atoms with Crippen LogP contribution >= 0.6 is 0 Å². The van der Waals surface area contributed by atoms with Crippen LogP contribution in [0.15, 0.2) is 0 Å². The second-order valence-corrected chi connectivity index (χ2v) is 3.09. The first-order valence-electron chi connectivity index (χ1n) is 4.57. The number of hydrogen-bond donors (Lipinski definition) is 1. The zero-order valence-electron chi connectivity index (χ0n) is 8.24. The van der Waals surface area contributed by atoms with Crippen LogP contribution in [0.2, 0.25) is 0 Å². The number of hydrogen-bond acceptors (Lipinski definition) is 4. The summed E-state index contributed by atoms with van der Waals surface area (Å²) >= 11 is 0. The smallest absolute Gasteiger partial charge is 0.396 e. The SMILES string of the molecule is O=Cc1nnn(CCCCO)c1C(F)(F)F. The molecule has 1 aromatic rings. The average Bonchev–Trinajstić information content (AvgIpc) is 2.61. The Bertz CT molecular complexity index is 362. The molecule has 1 heterocycles. The van der Waals surface area contributed by atoms with Crippen LogP contribution in [-0.2, 0) is 12.7 Å². The number of aryl methyl sites for hydroxylation is 1. The number of aliphatic hydroxyl groups is 1. The van der Waals surface area contributed by atoms with Gasteiger partial charge in [0.1, 0.15) is 0 Å². The molecule has 0 saturated heterocycles. The average molecular weight is 237 g/mol. The minimum atomic E-state index is -4.65. The van der Waals surface area contributed by atoms with Crippen molar-refractivity contribution >= 4 is 6.29 Å². The molecule has 0 bridgehead atoms. The van der Waals surface area contributed by atoms with Gasteiger partial charge in [0.05, 0.1) is 0 Å². The highest BCUT2D eigenvalue weighted by Gasteiger charge is 2.39. The Hall–Kier alpha value is -1.44. The molecule has 0 spiro atoms. The van der Waals surface area contributed by atoms with Gasteiger partial charge in [-0.15, -0.1) is 5.10 Å². The van der Waals surface area contributed by atoms with Crippen LogP contribution in [0, 0.1) is 0 Å². The van der Waals surface area contributed by atoms with Crippen LogP contribution in [0.4, 0.5) is 13.2 Å². The second-order valence-electron chi connectivity index (χ2n) is 3.09. The molecule has 1 rings (SSSR count). The molecule has 0 aliphatic rings. The van der Waals surface area contributed by atoms with Gasteiger partial charge >= 0.3 is 6.18 Å². The first kappa shape index (κ1) is 12.6. The van der Waals surface area contributed by atoms with E-state index in [-0.39, 0.29) is 19.4 Å². The fourth-order valence-electron chi connectivity index (χ4n) is 1.23. The van der Waals surface area contributed by atoms with E-state index >= 15 is 0 Å². The van der Waals surface area contributed by atoms with Crippen molar-refractivity contribution in [1.82, 2.24) is 15.0 Å². The third kappa shape index (κ3) is 2.78. The first-order valence-corrected chi connectivity index (χ1v) is 4.57. The topological polar surface area (TPSA) is 68.0 Å². The summed E-state index contributed by atoms with van der Waals surface area (Å²) < 4.78 is 38.2. The first-order chi connectivity index (χ1) is 7.50. The predicted octanol–water partition coefficient (Wildman–Crippen LogP) is 0.882. The van der Waals surface area contributed by atoms with Gasteiger partial charge in [0.25, 0.3) is 0 Å². The number of carbonyl (C=O) groups is 1. The lowest BCUT2D eigenvalue weighted by Gasteiger charge is -2.09. The maximum atomic E-state index is 12.5. The largest absolute Gasteiger partial charge is 0.435 e. The molecule has 0 amide bonds. The number of carbonyl (C=O) groups excluding carboxylic acids is 1. The minimum Gasteiger partial charge on any atom is -0.396 e. The summed E-state index contributed by atoms with van der Waals surface area (Å²) in [4.78, 5) is 10.4. The van der Waals surface area contributed by atoms with E-state index in [4.69, 9.17) is 5.11 Å². The predicted molar refractivity (Wildman–Crippen MR) is 46.7 cm³/mol. The highest BCUT2D eigenvalue weighted by Crippen LogP contribution is 2.30. The number of halogens is 3. The number of nitrogens with zero attached hydrogens (tertiary/aromatic N) is 3. The third-order valence-corrected chi connectivity index (χ3v) is 1.92. The molecular weight excluding hydrogens is 227 g/mol. The van der Waals surface area contributed by atoms with Gasteiger partial charge < -0.3 is 5.11 Å². The summed E-state index contributed by atoms with van der Waals surface area (Å²) in [5, 5.41) is 14.9. The van der Waals surface area contributed by atoms with Crippen LogP contribution in [0.3, 0.4) is 0 Å². The molecule has 0 aromatic carbocycles. The van der Waals surface area contributed by atoms with E-state index in [0.29, 0.717) is 17.5 Å². The summed E-state index contributed by atoms with van der Waals surface area (Å²) in [5.41, 5.74) is -1.85. The van der Waals surface area contributed by atoms with Crippen molar-refractivity contribution in [1.29, 1.82) is 0 Å². The Kier molecular flexibility index (Phi) is 3.99. The van der Waals surface area contributed by atoms with Gasteiger partial charge in [-0.05, 0) is 12.8 Å². The monoisotopic (exact) mass is 237 g/mol. The standard InChI is InChI=1S/C8H10F3N3O2/c9-8(10,11)7-6(5-16)12-13-14(7)3-1-2-4-15/h5,15H,1-4H2. The van der Waals surface area contributed by atoms with Crippen molar-refractivity contribution in [2.45, 2.75) is 25.6 Å². The van der Waals surface area contributed by atoms with E-state index in [1.54, 1.807) is 0 Å². The van der Waals surface area contributed by atoms with Crippen molar-refractivity contribution in [3.05, 3.63) is 11.4 Å². The summed E-state index contributed by atoms with van der Waals surface area (Å²) in [6.07, 6.45) is -3.92. The summed E-state index contributed by atoms with van der Waals surface area (Å²) in [5.74, 6) is 0. The molecule has 0 aliphatic carbocycles. The molecule has 0 fully saturated rings. The Morgan fingerprint density at radius 2 is 2.06 bits per heavy atom. The fraction of sp³-hybridized carbons (Fsp3) is 0.625. The van der Waals surface area contributed by atoms with Crippen LogP contribution in [0.25, 0.3) is 0 Å². The highest BCUT2D eigenvalue weighted by molar-refractivity contribution is 5.73. The van der Waals surface area contributed by atoms with Crippen molar-refractivity contribution in [3.8, 4) is 0 Å². The molecule has 90 valence electrons. The summed E-state index contributed by atoms with van der Waals surface area (Å²) in [6, 6.07) is 0. The number of rotatable bonds is 5. The maximum absolute atomic E-state index is 12.5. The van der Waals surface area contributed by atoms with Gasteiger partial charge in [0, 0.05) is 13.2 Å². The van der Waals surface area contributed by atoms with Gasteiger partial charge in [0.2, 0.25) is 0 Å². The van der Waals surface area contributed by atoms with Crippen LogP contribution in [0.1, 0.15) is 29.0 Å². The minimum absolute atomic E-state index is 0.0262. The Morgan fingerprint density at radius 1 is 1.38 bits per heavy atom. The molecule has 8 heteroatoms. The van der Waals surface area contributed by atoms with E-state index in [2.05, 4.69) is 10.3 Å². The fourth-order valence-corrected chi connectivity index (χ4v) is 1.23. The number of alkyl halides is 3. The van der Waals surface area contributed by atoms with Gasteiger partial charge in [-0.25, -0.2) is 4.68 Å². The molecule has 0 atom stereocenters. The quantitative estimate of drug-likeness (QED) is 0.609. The van der Waals surface area contributed by atoms with Crippen LogP contribution in [-0.4, -0.2) is 33.0 Å². The Morgan fingerprint density at radius 3 is 2.56 bits per heavy atom. The van der Waals surface area contributed by atoms with Gasteiger partial charge in [-0.1, -0.05) is 5.21 Å². The van der Waals surface area contributed by atoms with E-state index in [1.807, 2.05) is 0 Å². The van der Waals surface area contributed by atoms with E-state index in [0.717, 1.165) is 0 Å². The molecule has 0 unspecified atom stereocenters. The molecule has 16 heavy (non-hydrogen) atoms. The number of unbranched alkanes of at least 4 members (excludes halogenated alkanes) is 1. The van der Waals surface area contributed by atoms with Crippen LogP contribution < -0.4 is 0 Å². The normalized spacial score (nSPS) is 11.8. The number of aromatic nitrogens is 3. The number of aldehydes is 1. The summed E-state index contributed by atoms with van der Waals surface area (Å²) in [7, 11) is 0. The third-order valence-electron chi connectivity index (χ3n) is 1.92. The molecule has 0 aliphatic heterocycles. The van der Waals surface area contributed by atoms with Gasteiger partial charge in [-0.2, -0.15) is 13.2 Å². The van der Waals surface area contributed by atoms with E-state index in [1.165, 1.54) is 0 Å². The second kappa shape index (κ2) is 5.06. The summed E-state index contributed by atoms with van der Waals surface area (Å²) in [6.45, 7) is -0.132. The molecular formula is C8H10F3N3O2. The highest BCUT2D eigenvalue weighted by atomic mass is 19.4. The van der Waals surface area contributed by atoms with Crippen molar-refractivity contribution < 1.29 is 23.1 Å². The lowest BCUT2D eigenvalue weighted by Crippen LogP contribution is -2.16. The van der Waals surface area contributed by atoms with Gasteiger partial charge in [-0.3, -0.25) is 4.79 Å². The number of aliphatic hydroxyl groups excluding tert-OH is 1. The van der Waals surface area contributed by atoms with Crippen molar-refractivity contribution in [3.63, 3.8) is 0 Å². The maximum Gasteiger partial charge on any atom is 0.435 e.